The first kappa shape index (κ1) is 10.7. The summed E-state index contributed by atoms with van der Waals surface area (Å²) >= 11 is 0. The second kappa shape index (κ2) is 5.33. The van der Waals surface area contributed by atoms with E-state index in [1.165, 1.54) is 0 Å². The first-order chi connectivity index (χ1) is 4.30. The van der Waals surface area contributed by atoms with Crippen LogP contribution in [0.4, 0.5) is 0 Å². The zero-order valence-electron chi connectivity index (χ0n) is 5.19. The van der Waals surface area contributed by atoms with Crippen LogP contribution in [-0.4, -0.2) is 4.89 Å². The average Bonchev–Trinajstić information content (AvgIpc) is 1.90. The second-order valence-electron chi connectivity index (χ2n) is 1.61. The third-order valence-corrected chi connectivity index (χ3v) is 1.72. The molecule has 2 nitrogen and oxygen atoms in total. The Kier molecular flexibility index (Phi) is 5.68. The molecule has 1 atom stereocenters. The summed E-state index contributed by atoms with van der Waals surface area (Å²) in [6.45, 7) is 0. The summed E-state index contributed by atoms with van der Waals surface area (Å²) in [5, 5.41) is 0.479. The van der Waals surface area contributed by atoms with Gasteiger partial charge in [-0.25, -0.2) is 0 Å². The molecule has 0 bridgehead atoms. The topological polar surface area (TPSA) is 37.3 Å². The Bertz CT molecular complexity index is 212. The minimum atomic E-state index is -2.15. The summed E-state index contributed by atoms with van der Waals surface area (Å²) in [7, 11) is -2.15. The first-order valence-corrected chi connectivity index (χ1v) is 3.73. The number of hydrogen-bond donors (Lipinski definition) is 1. The molecule has 0 spiro atoms. The second-order valence-corrected chi connectivity index (χ2v) is 2.67. The van der Waals surface area contributed by atoms with E-state index in [2.05, 4.69) is 0 Å². The Morgan fingerprint density at radius 1 is 1.20 bits per heavy atom. The van der Waals surface area contributed by atoms with Gasteiger partial charge in [-0.2, -0.15) is 4.89 Å². The van der Waals surface area contributed by atoms with Gasteiger partial charge in [-0.1, -0.05) is 18.2 Å². The van der Waals surface area contributed by atoms with Gasteiger partial charge in [0.1, 0.15) is 0 Å². The van der Waals surface area contributed by atoms with E-state index in [1.54, 1.807) is 24.3 Å². The molecule has 0 radical (unpaired) electrons. The molecule has 0 saturated heterocycles. The van der Waals surface area contributed by atoms with Gasteiger partial charge in [0.05, 0.1) is 0 Å². The molecule has 0 heterocycles. The quantitative estimate of drug-likeness (QED) is 0.781. The van der Waals surface area contributed by atoms with Crippen LogP contribution < -0.4 is 5.30 Å². The molecule has 0 fully saturated rings. The van der Waals surface area contributed by atoms with Gasteiger partial charge in [0.25, 0.3) is 0 Å². The van der Waals surface area contributed by atoms with Gasteiger partial charge in [0.15, 0.2) is 0 Å². The SMILES string of the molecule is O=[P+](O)c1ccccc1.[Ce]. The van der Waals surface area contributed by atoms with E-state index in [1.807, 2.05) is 6.07 Å². The zero-order valence-corrected chi connectivity index (χ0v) is 9.22. The minimum Gasteiger partial charge on any atom is -0.156 e. The van der Waals surface area contributed by atoms with Crippen LogP contribution in [0, 0.1) is 41.7 Å². The van der Waals surface area contributed by atoms with Crippen molar-refractivity contribution in [3.8, 4) is 0 Å². The normalized spacial score (nSPS) is 9.90. The fraction of sp³-hybridized carbons (Fsp3) is 0. The molecule has 0 amide bonds. The van der Waals surface area contributed by atoms with Crippen molar-refractivity contribution in [2.45, 2.75) is 0 Å². The van der Waals surface area contributed by atoms with Crippen molar-refractivity contribution in [3.05, 3.63) is 30.3 Å². The molecule has 1 N–H and O–H groups in total. The Hall–Kier alpha value is 0.657. The number of benzene rings is 1. The molecule has 50 valence electrons. The summed E-state index contributed by atoms with van der Waals surface area (Å²) in [5.41, 5.74) is 0. The fourth-order valence-corrected chi connectivity index (χ4v) is 0.983. The van der Waals surface area contributed by atoms with Gasteiger partial charge in [0.2, 0.25) is 5.30 Å². The summed E-state index contributed by atoms with van der Waals surface area (Å²) in [6.07, 6.45) is 0. The van der Waals surface area contributed by atoms with E-state index < -0.39 is 8.03 Å². The van der Waals surface area contributed by atoms with Gasteiger partial charge < -0.3 is 0 Å². The van der Waals surface area contributed by atoms with Gasteiger partial charge in [0, 0.05) is 41.7 Å². The minimum absolute atomic E-state index is 0. The van der Waals surface area contributed by atoms with Crippen molar-refractivity contribution in [3.63, 3.8) is 0 Å². The van der Waals surface area contributed by atoms with Crippen LogP contribution in [0.2, 0.25) is 0 Å². The van der Waals surface area contributed by atoms with Crippen molar-refractivity contribution in [2.75, 3.05) is 0 Å². The Balaban J connectivity index is 0.000000810. The Morgan fingerprint density at radius 3 is 2.00 bits per heavy atom. The van der Waals surface area contributed by atoms with Crippen LogP contribution in [-0.2, 0) is 4.57 Å². The Labute approximate surface area is 93.9 Å². The molecule has 0 aliphatic carbocycles. The summed E-state index contributed by atoms with van der Waals surface area (Å²) < 4.78 is 10.3. The van der Waals surface area contributed by atoms with E-state index >= 15 is 0 Å². The Morgan fingerprint density at radius 2 is 1.70 bits per heavy atom. The van der Waals surface area contributed by atoms with Crippen LogP contribution >= 0.6 is 8.03 Å². The van der Waals surface area contributed by atoms with Crippen LogP contribution in [0.15, 0.2) is 30.3 Å². The molecular weight excluding hydrogens is 275 g/mol. The molecule has 0 saturated carbocycles. The number of hydrogen-bond acceptors (Lipinski definition) is 1. The average molecular weight is 281 g/mol. The predicted octanol–water partition coefficient (Wildman–Crippen LogP) is 1.05. The molecule has 4 heteroatoms. The van der Waals surface area contributed by atoms with Crippen molar-refractivity contribution >= 4 is 13.3 Å². The predicted molar refractivity (Wildman–Crippen MR) is 35.9 cm³/mol. The molecule has 0 aliphatic rings. The third kappa shape index (κ3) is 3.17. The van der Waals surface area contributed by atoms with E-state index in [0.717, 1.165) is 0 Å². The standard InChI is InChI=1S/C6H5O2P.Ce/c7-9(8)6-4-2-1-3-5-6;/h1-5H;/p+1. The van der Waals surface area contributed by atoms with Crippen molar-refractivity contribution in [1.82, 2.24) is 0 Å². The maximum absolute atomic E-state index is 10.3. The van der Waals surface area contributed by atoms with Gasteiger partial charge in [-0.3, -0.25) is 0 Å². The summed E-state index contributed by atoms with van der Waals surface area (Å²) in [6, 6.07) is 8.53. The zero-order chi connectivity index (χ0) is 6.69. The van der Waals surface area contributed by atoms with Gasteiger partial charge in [-0.15, -0.1) is 0 Å². The number of rotatable bonds is 1. The molecule has 10 heavy (non-hydrogen) atoms. The van der Waals surface area contributed by atoms with Crippen LogP contribution in [0.1, 0.15) is 0 Å². The maximum Gasteiger partial charge on any atom is 0.546 e. The summed E-state index contributed by atoms with van der Waals surface area (Å²) in [4.78, 5) is 8.53. The van der Waals surface area contributed by atoms with Crippen molar-refractivity contribution < 1.29 is 51.2 Å². The van der Waals surface area contributed by atoms with Crippen molar-refractivity contribution in [1.29, 1.82) is 0 Å². The molecule has 1 aromatic rings. The molecule has 1 aromatic carbocycles. The monoisotopic (exact) mass is 281 g/mol. The molecule has 1 rings (SSSR count). The van der Waals surface area contributed by atoms with Crippen LogP contribution in [0.3, 0.4) is 0 Å². The van der Waals surface area contributed by atoms with Gasteiger partial charge in [-0.05, 0) is 16.7 Å². The molecule has 0 aliphatic heterocycles. The van der Waals surface area contributed by atoms with E-state index in [9.17, 15) is 4.57 Å². The maximum atomic E-state index is 10.3. The first-order valence-electron chi connectivity index (χ1n) is 2.52. The van der Waals surface area contributed by atoms with E-state index in [4.69, 9.17) is 4.89 Å². The molecular formula is C6H6CeO2P+. The smallest absolute Gasteiger partial charge is 0.156 e. The molecule has 0 aromatic heterocycles. The largest absolute Gasteiger partial charge is 0.546 e. The summed E-state index contributed by atoms with van der Waals surface area (Å²) in [5.74, 6) is 0. The van der Waals surface area contributed by atoms with Crippen LogP contribution in [0.25, 0.3) is 0 Å². The van der Waals surface area contributed by atoms with Gasteiger partial charge >= 0.3 is 8.03 Å². The van der Waals surface area contributed by atoms with Crippen LogP contribution in [0.5, 0.6) is 0 Å². The fourth-order valence-electron chi connectivity index (χ4n) is 0.556. The third-order valence-electron chi connectivity index (χ3n) is 0.977. The van der Waals surface area contributed by atoms with Crippen molar-refractivity contribution in [2.24, 2.45) is 0 Å². The molecule has 1 unspecified atom stereocenters. The van der Waals surface area contributed by atoms with E-state index in [-0.39, 0.29) is 41.7 Å². The van der Waals surface area contributed by atoms with E-state index in [0.29, 0.717) is 5.30 Å².